The van der Waals surface area contributed by atoms with Gasteiger partial charge in [0, 0.05) is 23.9 Å². The highest BCUT2D eigenvalue weighted by molar-refractivity contribution is 7.98. The first-order valence-corrected chi connectivity index (χ1v) is 9.22. The Hall–Kier alpha value is -2.28. The van der Waals surface area contributed by atoms with Gasteiger partial charge in [0.2, 0.25) is 11.8 Å². The standard InChI is InChI=1S/C17H22N4O2S/c1-3-16(22)20-15(8-10-24-2)17(23)19-13-6-4-5-12(11-13)14-7-9-18-21-14/h4-7,9,11,15H,3,8,10H2,1-2H3,(H,18,21)(H,19,23)(H,20,22)/t15-/m0/s1. The number of carbonyl (C=O) groups is 2. The third-order valence-electron chi connectivity index (χ3n) is 3.53. The lowest BCUT2D eigenvalue weighted by molar-refractivity contribution is -0.126. The van der Waals surface area contributed by atoms with Crippen LogP contribution in [0.25, 0.3) is 11.3 Å². The second-order valence-corrected chi connectivity index (χ2v) is 6.28. The molecular formula is C17H22N4O2S. The minimum Gasteiger partial charge on any atom is -0.344 e. The van der Waals surface area contributed by atoms with E-state index in [0.29, 0.717) is 18.5 Å². The van der Waals surface area contributed by atoms with E-state index in [1.807, 2.05) is 36.6 Å². The van der Waals surface area contributed by atoms with Crippen LogP contribution >= 0.6 is 11.8 Å². The third kappa shape index (κ3) is 5.13. The Balaban J connectivity index is 2.08. The maximum absolute atomic E-state index is 12.5. The molecule has 1 aromatic carbocycles. The highest BCUT2D eigenvalue weighted by Crippen LogP contribution is 2.20. The fraction of sp³-hybridized carbons (Fsp3) is 0.353. The van der Waals surface area contributed by atoms with Crippen LogP contribution in [0.2, 0.25) is 0 Å². The number of anilines is 1. The summed E-state index contributed by atoms with van der Waals surface area (Å²) in [6, 6.07) is 8.84. The number of hydrogen-bond donors (Lipinski definition) is 3. The molecule has 0 unspecified atom stereocenters. The number of rotatable bonds is 8. The number of amides is 2. The van der Waals surface area contributed by atoms with Gasteiger partial charge in [-0.2, -0.15) is 16.9 Å². The second kappa shape index (κ2) is 9.12. The zero-order valence-corrected chi connectivity index (χ0v) is 14.7. The van der Waals surface area contributed by atoms with Crippen molar-refractivity contribution in [1.29, 1.82) is 0 Å². The summed E-state index contributed by atoms with van der Waals surface area (Å²) < 4.78 is 0. The van der Waals surface area contributed by atoms with Crippen molar-refractivity contribution >= 4 is 29.3 Å². The van der Waals surface area contributed by atoms with Crippen LogP contribution in [0, 0.1) is 0 Å². The number of aromatic nitrogens is 2. The zero-order valence-electron chi connectivity index (χ0n) is 13.8. The van der Waals surface area contributed by atoms with Gasteiger partial charge < -0.3 is 10.6 Å². The van der Waals surface area contributed by atoms with Gasteiger partial charge >= 0.3 is 0 Å². The highest BCUT2D eigenvalue weighted by atomic mass is 32.2. The van der Waals surface area contributed by atoms with Crippen LogP contribution < -0.4 is 10.6 Å². The van der Waals surface area contributed by atoms with E-state index in [2.05, 4.69) is 20.8 Å². The zero-order chi connectivity index (χ0) is 17.4. The molecule has 0 aliphatic carbocycles. The number of hydrogen-bond acceptors (Lipinski definition) is 4. The van der Waals surface area contributed by atoms with Crippen LogP contribution in [0.5, 0.6) is 0 Å². The van der Waals surface area contributed by atoms with Gasteiger partial charge in [0.25, 0.3) is 0 Å². The third-order valence-corrected chi connectivity index (χ3v) is 4.17. The number of thioether (sulfide) groups is 1. The van der Waals surface area contributed by atoms with E-state index in [9.17, 15) is 9.59 Å². The molecule has 1 atom stereocenters. The molecule has 2 aromatic rings. The Morgan fingerprint density at radius 3 is 2.83 bits per heavy atom. The molecule has 24 heavy (non-hydrogen) atoms. The van der Waals surface area contributed by atoms with Gasteiger partial charge in [0.15, 0.2) is 0 Å². The second-order valence-electron chi connectivity index (χ2n) is 5.30. The number of benzene rings is 1. The van der Waals surface area contributed by atoms with Crippen molar-refractivity contribution in [3.63, 3.8) is 0 Å². The van der Waals surface area contributed by atoms with Gasteiger partial charge in [-0.15, -0.1) is 0 Å². The summed E-state index contributed by atoms with van der Waals surface area (Å²) in [6.07, 6.45) is 4.61. The first-order valence-electron chi connectivity index (χ1n) is 7.83. The van der Waals surface area contributed by atoms with Crippen LogP contribution in [0.3, 0.4) is 0 Å². The highest BCUT2D eigenvalue weighted by Gasteiger charge is 2.20. The molecule has 0 fully saturated rings. The maximum Gasteiger partial charge on any atom is 0.246 e. The minimum absolute atomic E-state index is 0.123. The molecule has 7 heteroatoms. The Morgan fingerprint density at radius 1 is 1.33 bits per heavy atom. The number of H-pyrrole nitrogens is 1. The largest absolute Gasteiger partial charge is 0.344 e. The van der Waals surface area contributed by atoms with Crippen molar-refractivity contribution in [2.75, 3.05) is 17.3 Å². The van der Waals surface area contributed by atoms with E-state index in [4.69, 9.17) is 0 Å². The molecule has 1 aromatic heterocycles. The predicted molar refractivity (Wildman–Crippen MR) is 97.9 cm³/mol. The molecule has 0 bridgehead atoms. The quantitative estimate of drug-likeness (QED) is 0.686. The van der Waals surface area contributed by atoms with Crippen LogP contribution in [0.1, 0.15) is 19.8 Å². The van der Waals surface area contributed by atoms with E-state index in [1.165, 1.54) is 0 Å². The van der Waals surface area contributed by atoms with Crippen LogP contribution in [0.15, 0.2) is 36.5 Å². The molecule has 0 aliphatic heterocycles. The lowest BCUT2D eigenvalue weighted by Crippen LogP contribution is -2.44. The molecule has 0 saturated heterocycles. The predicted octanol–water partition coefficient (Wildman–Crippen LogP) is 2.66. The Bertz CT molecular complexity index is 673. The van der Waals surface area contributed by atoms with Gasteiger partial charge in [0.1, 0.15) is 6.04 Å². The average molecular weight is 346 g/mol. The van der Waals surface area contributed by atoms with Crippen molar-refractivity contribution in [2.24, 2.45) is 0 Å². The van der Waals surface area contributed by atoms with Gasteiger partial charge in [-0.05, 0) is 36.6 Å². The van der Waals surface area contributed by atoms with Crippen molar-refractivity contribution in [2.45, 2.75) is 25.8 Å². The lowest BCUT2D eigenvalue weighted by atomic mass is 10.1. The van der Waals surface area contributed by atoms with Crippen LogP contribution in [-0.4, -0.2) is 40.1 Å². The molecule has 2 amide bonds. The van der Waals surface area contributed by atoms with Crippen molar-refractivity contribution < 1.29 is 9.59 Å². The van der Waals surface area contributed by atoms with Crippen LogP contribution in [0.4, 0.5) is 5.69 Å². The first-order chi connectivity index (χ1) is 11.6. The van der Waals surface area contributed by atoms with Crippen LogP contribution in [-0.2, 0) is 9.59 Å². The van der Waals surface area contributed by atoms with Crippen molar-refractivity contribution in [3.8, 4) is 11.3 Å². The fourth-order valence-corrected chi connectivity index (χ4v) is 2.68. The summed E-state index contributed by atoms with van der Waals surface area (Å²) >= 11 is 1.65. The van der Waals surface area contributed by atoms with E-state index in [0.717, 1.165) is 17.0 Å². The Morgan fingerprint density at radius 2 is 2.17 bits per heavy atom. The minimum atomic E-state index is -0.527. The molecule has 0 saturated carbocycles. The van der Waals surface area contributed by atoms with Crippen molar-refractivity contribution in [1.82, 2.24) is 15.5 Å². The molecule has 0 radical (unpaired) electrons. The molecule has 6 nitrogen and oxygen atoms in total. The topological polar surface area (TPSA) is 86.9 Å². The van der Waals surface area contributed by atoms with Crippen molar-refractivity contribution in [3.05, 3.63) is 36.5 Å². The molecule has 128 valence electrons. The first kappa shape index (κ1) is 18.1. The van der Waals surface area contributed by atoms with Gasteiger partial charge in [-0.25, -0.2) is 0 Å². The summed E-state index contributed by atoms with van der Waals surface area (Å²) in [5, 5.41) is 12.5. The Labute approximate surface area is 145 Å². The van der Waals surface area contributed by atoms with E-state index >= 15 is 0 Å². The fourth-order valence-electron chi connectivity index (χ4n) is 2.21. The SMILES string of the molecule is CCC(=O)N[C@@H](CCSC)C(=O)Nc1cccc(-c2ccn[nH]2)c1. The summed E-state index contributed by atoms with van der Waals surface area (Å²) in [4.78, 5) is 24.2. The number of nitrogens with zero attached hydrogens (tertiary/aromatic N) is 1. The molecule has 3 N–H and O–H groups in total. The lowest BCUT2D eigenvalue weighted by Gasteiger charge is -2.18. The molecule has 1 heterocycles. The molecular weight excluding hydrogens is 324 g/mol. The van der Waals surface area contributed by atoms with E-state index in [1.54, 1.807) is 24.9 Å². The smallest absolute Gasteiger partial charge is 0.246 e. The van der Waals surface area contributed by atoms with E-state index in [-0.39, 0.29) is 11.8 Å². The van der Waals surface area contributed by atoms with Gasteiger partial charge in [-0.3, -0.25) is 14.7 Å². The Kier molecular flexibility index (Phi) is 6.87. The molecule has 0 spiro atoms. The average Bonchev–Trinajstić information content (AvgIpc) is 3.13. The molecule has 2 rings (SSSR count). The normalized spacial score (nSPS) is 11.8. The van der Waals surface area contributed by atoms with Gasteiger partial charge in [0.05, 0.1) is 5.69 Å². The number of nitrogens with one attached hydrogen (secondary N) is 3. The number of carbonyl (C=O) groups excluding carboxylic acids is 2. The summed E-state index contributed by atoms with van der Waals surface area (Å²) in [6.45, 7) is 1.77. The summed E-state index contributed by atoms with van der Waals surface area (Å²) in [5.41, 5.74) is 2.50. The monoisotopic (exact) mass is 346 g/mol. The van der Waals surface area contributed by atoms with Gasteiger partial charge in [-0.1, -0.05) is 19.1 Å². The molecule has 0 aliphatic rings. The summed E-state index contributed by atoms with van der Waals surface area (Å²) in [5.74, 6) is 0.478. The number of aromatic amines is 1. The maximum atomic E-state index is 12.5. The van der Waals surface area contributed by atoms with E-state index < -0.39 is 6.04 Å². The summed E-state index contributed by atoms with van der Waals surface area (Å²) in [7, 11) is 0.